The molecule has 0 aliphatic carbocycles. The lowest BCUT2D eigenvalue weighted by Gasteiger charge is -2.09. The molecule has 1 aromatic heterocycles. The van der Waals surface area contributed by atoms with Crippen molar-refractivity contribution in [3.63, 3.8) is 0 Å². The second-order valence-electron chi connectivity index (χ2n) is 5.03. The van der Waals surface area contributed by atoms with Crippen LogP contribution in [-0.2, 0) is 6.54 Å². The van der Waals surface area contributed by atoms with Crippen LogP contribution in [0.5, 0.6) is 0 Å². The summed E-state index contributed by atoms with van der Waals surface area (Å²) in [5.74, 6) is 0.560. The molecule has 2 rings (SSSR count). The van der Waals surface area contributed by atoms with E-state index < -0.39 is 0 Å². The van der Waals surface area contributed by atoms with Crippen molar-refractivity contribution in [3.05, 3.63) is 58.9 Å². The van der Waals surface area contributed by atoms with Crippen LogP contribution >= 0.6 is 11.8 Å². The molecule has 116 valence electrons. The average Bonchev–Trinajstić information content (AvgIpc) is 2.52. The van der Waals surface area contributed by atoms with E-state index in [1.54, 1.807) is 30.1 Å². The van der Waals surface area contributed by atoms with Crippen LogP contribution in [0.4, 0.5) is 0 Å². The molecule has 1 aromatic carbocycles. The molecule has 0 radical (unpaired) electrons. The van der Waals surface area contributed by atoms with Gasteiger partial charge in [0.2, 0.25) is 0 Å². The Hall–Kier alpha value is -1.85. The fraction of sp³-hybridized carbons (Fsp3) is 0.294. The third-order valence-electron chi connectivity index (χ3n) is 3.27. The average molecular weight is 316 g/mol. The Kier molecular flexibility index (Phi) is 5.98. The summed E-state index contributed by atoms with van der Waals surface area (Å²) in [7, 11) is 0. The van der Waals surface area contributed by atoms with E-state index in [0.717, 1.165) is 21.7 Å². The fourth-order valence-electron chi connectivity index (χ4n) is 2.05. The highest BCUT2D eigenvalue weighted by Crippen LogP contribution is 2.18. The van der Waals surface area contributed by atoms with Crippen molar-refractivity contribution in [1.82, 2.24) is 10.3 Å². The molecule has 0 aliphatic heterocycles. The maximum absolute atomic E-state index is 12.1. The van der Waals surface area contributed by atoms with E-state index in [1.165, 1.54) is 0 Å². The zero-order valence-electron chi connectivity index (χ0n) is 12.8. The van der Waals surface area contributed by atoms with Crippen molar-refractivity contribution in [2.45, 2.75) is 25.3 Å². The lowest BCUT2D eigenvalue weighted by molar-refractivity contribution is 0.0951. The Morgan fingerprint density at radius 3 is 2.64 bits per heavy atom. The molecule has 22 heavy (non-hydrogen) atoms. The van der Waals surface area contributed by atoms with Crippen LogP contribution in [0.3, 0.4) is 0 Å². The molecule has 0 fully saturated rings. The number of hydrogen-bond donors (Lipinski definition) is 2. The summed E-state index contributed by atoms with van der Waals surface area (Å²) < 4.78 is 0. The van der Waals surface area contributed by atoms with Crippen LogP contribution in [0.25, 0.3) is 0 Å². The van der Waals surface area contributed by atoms with Gasteiger partial charge in [-0.3, -0.25) is 9.78 Å². The zero-order valence-corrected chi connectivity index (χ0v) is 13.6. The summed E-state index contributed by atoms with van der Waals surface area (Å²) in [5.41, 5.74) is 3.76. The number of benzene rings is 1. The quantitative estimate of drug-likeness (QED) is 0.804. The van der Waals surface area contributed by atoms with Crippen LogP contribution < -0.4 is 5.32 Å². The molecule has 0 saturated heterocycles. The minimum atomic E-state index is -0.0984. The summed E-state index contributed by atoms with van der Waals surface area (Å²) in [6.45, 7) is 4.59. The van der Waals surface area contributed by atoms with Gasteiger partial charge in [0.25, 0.3) is 5.91 Å². The Balaban J connectivity index is 1.94. The number of nitrogens with one attached hydrogen (secondary N) is 1. The SMILES string of the molecule is Cc1cc(C)c(CNC(=O)c2ccc(SCCO)cc2)cn1. The number of amides is 1. The molecule has 1 amide bonds. The van der Waals surface area contributed by atoms with Crippen LogP contribution in [0.2, 0.25) is 0 Å². The van der Waals surface area contributed by atoms with Gasteiger partial charge >= 0.3 is 0 Å². The van der Waals surface area contributed by atoms with Gasteiger partial charge in [-0.05, 0) is 55.3 Å². The monoisotopic (exact) mass is 316 g/mol. The number of carbonyl (C=O) groups excluding carboxylic acids is 1. The van der Waals surface area contributed by atoms with Gasteiger partial charge in [0.1, 0.15) is 0 Å². The molecule has 0 saturated carbocycles. The summed E-state index contributed by atoms with van der Waals surface area (Å²) in [6, 6.07) is 9.40. The number of pyridine rings is 1. The van der Waals surface area contributed by atoms with Crippen molar-refractivity contribution in [2.24, 2.45) is 0 Å². The van der Waals surface area contributed by atoms with E-state index >= 15 is 0 Å². The number of hydrogen-bond acceptors (Lipinski definition) is 4. The molecule has 0 spiro atoms. The van der Waals surface area contributed by atoms with E-state index in [0.29, 0.717) is 17.9 Å². The lowest BCUT2D eigenvalue weighted by Crippen LogP contribution is -2.23. The van der Waals surface area contributed by atoms with Gasteiger partial charge < -0.3 is 10.4 Å². The Morgan fingerprint density at radius 2 is 2.00 bits per heavy atom. The van der Waals surface area contributed by atoms with Gasteiger partial charge in [-0.2, -0.15) is 0 Å². The van der Waals surface area contributed by atoms with Crippen LogP contribution in [0.15, 0.2) is 41.4 Å². The van der Waals surface area contributed by atoms with Crippen molar-refractivity contribution >= 4 is 17.7 Å². The highest BCUT2D eigenvalue weighted by Gasteiger charge is 2.07. The maximum atomic E-state index is 12.1. The molecule has 5 heteroatoms. The predicted octanol–water partition coefficient (Wildman–Crippen LogP) is 2.71. The summed E-state index contributed by atoms with van der Waals surface area (Å²) >= 11 is 1.56. The Morgan fingerprint density at radius 1 is 1.27 bits per heavy atom. The number of carbonyl (C=O) groups is 1. The highest BCUT2D eigenvalue weighted by atomic mass is 32.2. The number of aliphatic hydroxyl groups excluding tert-OH is 1. The first-order chi connectivity index (χ1) is 10.6. The van der Waals surface area contributed by atoms with E-state index in [9.17, 15) is 4.79 Å². The van der Waals surface area contributed by atoms with E-state index in [4.69, 9.17) is 5.11 Å². The molecule has 2 N–H and O–H groups in total. The molecule has 2 aromatic rings. The predicted molar refractivity (Wildman–Crippen MR) is 89.1 cm³/mol. The Labute approximate surface area is 135 Å². The van der Waals surface area contributed by atoms with Gasteiger partial charge in [-0.25, -0.2) is 0 Å². The minimum Gasteiger partial charge on any atom is -0.396 e. The van der Waals surface area contributed by atoms with Crippen molar-refractivity contribution < 1.29 is 9.90 Å². The van der Waals surface area contributed by atoms with Crippen molar-refractivity contribution in [2.75, 3.05) is 12.4 Å². The first kappa shape index (κ1) is 16.5. The number of aryl methyl sites for hydroxylation is 2. The van der Waals surface area contributed by atoms with E-state index in [2.05, 4.69) is 10.3 Å². The van der Waals surface area contributed by atoms with Crippen LogP contribution in [0.1, 0.15) is 27.2 Å². The summed E-state index contributed by atoms with van der Waals surface area (Å²) in [6.07, 6.45) is 1.81. The number of thioether (sulfide) groups is 1. The number of nitrogens with zero attached hydrogens (tertiary/aromatic N) is 1. The molecule has 0 atom stereocenters. The molecule has 0 bridgehead atoms. The highest BCUT2D eigenvalue weighted by molar-refractivity contribution is 7.99. The second-order valence-corrected chi connectivity index (χ2v) is 6.20. The Bertz CT molecular complexity index is 642. The molecule has 0 unspecified atom stereocenters. The fourth-order valence-corrected chi connectivity index (χ4v) is 2.71. The molecule has 4 nitrogen and oxygen atoms in total. The van der Waals surface area contributed by atoms with Crippen LogP contribution in [-0.4, -0.2) is 28.4 Å². The first-order valence-corrected chi connectivity index (χ1v) is 8.13. The molecular weight excluding hydrogens is 296 g/mol. The normalized spacial score (nSPS) is 10.5. The third kappa shape index (κ3) is 4.58. The smallest absolute Gasteiger partial charge is 0.251 e. The van der Waals surface area contributed by atoms with Gasteiger partial charge in [-0.1, -0.05) is 0 Å². The second kappa shape index (κ2) is 7.96. The maximum Gasteiger partial charge on any atom is 0.251 e. The lowest BCUT2D eigenvalue weighted by atomic mass is 10.1. The molecule has 0 aliphatic rings. The first-order valence-electron chi connectivity index (χ1n) is 7.14. The molecular formula is C17H20N2O2S. The van der Waals surface area contributed by atoms with Gasteiger partial charge in [0, 0.05) is 34.6 Å². The van der Waals surface area contributed by atoms with Gasteiger partial charge in [-0.15, -0.1) is 11.8 Å². The van der Waals surface area contributed by atoms with Crippen molar-refractivity contribution in [3.8, 4) is 0 Å². The minimum absolute atomic E-state index is 0.0984. The standard InChI is InChI=1S/C17H20N2O2S/c1-12-9-13(2)18-10-15(12)11-19-17(21)14-3-5-16(6-4-14)22-8-7-20/h3-6,9-10,20H,7-8,11H2,1-2H3,(H,19,21). The zero-order chi connectivity index (χ0) is 15.9. The number of aliphatic hydroxyl groups is 1. The summed E-state index contributed by atoms with van der Waals surface area (Å²) in [4.78, 5) is 17.4. The van der Waals surface area contributed by atoms with Crippen molar-refractivity contribution in [1.29, 1.82) is 0 Å². The number of rotatable bonds is 6. The topological polar surface area (TPSA) is 62.2 Å². The van der Waals surface area contributed by atoms with Crippen LogP contribution in [0, 0.1) is 13.8 Å². The van der Waals surface area contributed by atoms with E-state index in [-0.39, 0.29) is 12.5 Å². The molecule has 1 heterocycles. The van der Waals surface area contributed by atoms with E-state index in [1.807, 2.05) is 32.0 Å². The third-order valence-corrected chi connectivity index (χ3v) is 4.26. The van der Waals surface area contributed by atoms with Gasteiger partial charge in [0.05, 0.1) is 6.61 Å². The van der Waals surface area contributed by atoms with Gasteiger partial charge in [0.15, 0.2) is 0 Å². The summed E-state index contributed by atoms with van der Waals surface area (Å²) in [5, 5.41) is 11.7. The number of aromatic nitrogens is 1. The largest absolute Gasteiger partial charge is 0.396 e.